The summed E-state index contributed by atoms with van der Waals surface area (Å²) in [6, 6.07) is 13.6. The molecular formula is C22H24O6. The van der Waals surface area contributed by atoms with Crippen LogP contribution in [-0.4, -0.2) is 53.0 Å². The number of aliphatic hydroxyl groups excluding tert-OH is 1. The van der Waals surface area contributed by atoms with Crippen molar-refractivity contribution in [2.24, 2.45) is 0 Å². The van der Waals surface area contributed by atoms with Crippen LogP contribution in [0.25, 0.3) is 0 Å². The zero-order valence-electron chi connectivity index (χ0n) is 16.1. The number of aryl methyl sites for hydroxylation is 2. The normalized spacial score (nSPS) is 25.5. The molecule has 0 spiro atoms. The van der Waals surface area contributed by atoms with Crippen molar-refractivity contribution in [1.82, 2.24) is 0 Å². The number of benzene rings is 2. The van der Waals surface area contributed by atoms with Gasteiger partial charge in [0.2, 0.25) is 0 Å². The molecule has 2 N–H and O–H groups in total. The molecule has 0 amide bonds. The van der Waals surface area contributed by atoms with E-state index >= 15 is 0 Å². The molecule has 1 saturated heterocycles. The van der Waals surface area contributed by atoms with Crippen LogP contribution in [0.15, 0.2) is 48.5 Å². The first-order valence-electron chi connectivity index (χ1n) is 9.08. The van der Waals surface area contributed by atoms with Gasteiger partial charge in [-0.2, -0.15) is 0 Å². The number of hydrogen-bond acceptors (Lipinski definition) is 6. The van der Waals surface area contributed by atoms with Crippen LogP contribution in [0.3, 0.4) is 0 Å². The lowest BCUT2D eigenvalue weighted by atomic mass is 9.81. The SMILES string of the molecule is COC1C[C@@](O)(C(=O)c2ccccc2C)[C@@H](C(O)C(=O)c2ccccc2C)O1. The highest BCUT2D eigenvalue weighted by molar-refractivity contribution is 6.06. The lowest BCUT2D eigenvalue weighted by Crippen LogP contribution is -2.54. The van der Waals surface area contributed by atoms with Gasteiger partial charge in [0, 0.05) is 24.7 Å². The molecule has 0 saturated carbocycles. The molecule has 1 aliphatic heterocycles. The molecule has 148 valence electrons. The van der Waals surface area contributed by atoms with E-state index in [2.05, 4.69) is 0 Å². The lowest BCUT2D eigenvalue weighted by Gasteiger charge is -2.30. The number of carbonyl (C=O) groups is 2. The van der Waals surface area contributed by atoms with Crippen molar-refractivity contribution in [2.75, 3.05) is 7.11 Å². The van der Waals surface area contributed by atoms with E-state index in [0.29, 0.717) is 22.3 Å². The zero-order valence-corrected chi connectivity index (χ0v) is 16.1. The number of ether oxygens (including phenoxy) is 2. The van der Waals surface area contributed by atoms with Gasteiger partial charge >= 0.3 is 0 Å². The van der Waals surface area contributed by atoms with Crippen molar-refractivity contribution in [2.45, 2.75) is 44.4 Å². The Labute approximate surface area is 163 Å². The Morgan fingerprint density at radius 3 is 2.14 bits per heavy atom. The average Bonchev–Trinajstić information content (AvgIpc) is 3.05. The van der Waals surface area contributed by atoms with Crippen LogP contribution in [0.2, 0.25) is 0 Å². The van der Waals surface area contributed by atoms with Crippen LogP contribution in [0.5, 0.6) is 0 Å². The molecule has 2 aromatic carbocycles. The minimum atomic E-state index is -2.09. The largest absolute Gasteiger partial charge is 0.382 e. The molecule has 0 bridgehead atoms. The molecule has 0 aromatic heterocycles. The molecule has 2 unspecified atom stereocenters. The first-order chi connectivity index (χ1) is 13.3. The Balaban J connectivity index is 1.98. The van der Waals surface area contributed by atoms with Gasteiger partial charge in [-0.05, 0) is 25.0 Å². The summed E-state index contributed by atoms with van der Waals surface area (Å²) in [5.41, 5.74) is -0.109. The average molecular weight is 384 g/mol. The molecule has 6 nitrogen and oxygen atoms in total. The van der Waals surface area contributed by atoms with Crippen LogP contribution in [0.1, 0.15) is 38.3 Å². The minimum Gasteiger partial charge on any atom is -0.382 e. The predicted molar refractivity (Wildman–Crippen MR) is 102 cm³/mol. The third kappa shape index (κ3) is 3.52. The van der Waals surface area contributed by atoms with Gasteiger partial charge in [-0.15, -0.1) is 0 Å². The third-order valence-corrected chi connectivity index (χ3v) is 5.26. The summed E-state index contributed by atoms with van der Waals surface area (Å²) in [6.07, 6.45) is -4.27. The van der Waals surface area contributed by atoms with Crippen molar-refractivity contribution >= 4 is 11.6 Å². The number of aliphatic hydroxyl groups is 2. The number of ketones is 2. The standard InChI is InChI=1S/C22H24O6/c1-13-8-4-6-10-15(13)18(23)19(24)21-22(26,12-17(27-3)28-21)20(25)16-11-7-5-9-14(16)2/h4-11,17,19,21,24,26H,12H2,1-3H3/t17?,19?,21-,22-/m1/s1. The zero-order chi connectivity index (χ0) is 20.5. The van der Waals surface area contributed by atoms with E-state index in [1.165, 1.54) is 7.11 Å². The van der Waals surface area contributed by atoms with Gasteiger partial charge in [-0.1, -0.05) is 48.5 Å². The van der Waals surface area contributed by atoms with Crippen molar-refractivity contribution in [3.63, 3.8) is 0 Å². The van der Waals surface area contributed by atoms with Gasteiger partial charge in [0.05, 0.1) is 0 Å². The van der Waals surface area contributed by atoms with E-state index in [9.17, 15) is 19.8 Å². The number of rotatable bonds is 6. The molecule has 28 heavy (non-hydrogen) atoms. The fraction of sp³-hybridized carbons (Fsp3) is 0.364. The topological polar surface area (TPSA) is 93.1 Å². The molecule has 3 rings (SSSR count). The summed E-state index contributed by atoms with van der Waals surface area (Å²) in [5.74, 6) is -1.22. The van der Waals surface area contributed by atoms with Crippen molar-refractivity contribution in [3.8, 4) is 0 Å². The van der Waals surface area contributed by atoms with Gasteiger partial charge in [-0.3, -0.25) is 9.59 Å². The minimum absolute atomic E-state index is 0.181. The summed E-state index contributed by atoms with van der Waals surface area (Å²) in [5, 5.41) is 22.0. The Kier molecular flexibility index (Phi) is 5.76. The molecular weight excluding hydrogens is 360 g/mol. The van der Waals surface area contributed by atoms with E-state index in [4.69, 9.17) is 9.47 Å². The number of methoxy groups -OCH3 is 1. The second-order valence-electron chi connectivity index (χ2n) is 7.12. The first kappa shape index (κ1) is 20.4. The number of Topliss-reactive ketones (excluding diaryl/α,β-unsaturated/α-hetero) is 2. The third-order valence-electron chi connectivity index (χ3n) is 5.26. The highest BCUT2D eigenvalue weighted by Gasteiger charge is 2.57. The van der Waals surface area contributed by atoms with Gasteiger partial charge in [0.15, 0.2) is 23.5 Å². The molecule has 1 fully saturated rings. The molecule has 6 heteroatoms. The molecule has 1 heterocycles. The van der Waals surface area contributed by atoms with Gasteiger partial charge in [-0.25, -0.2) is 0 Å². The Bertz CT molecular complexity index is 892. The highest BCUT2D eigenvalue weighted by Crippen LogP contribution is 2.37. The number of hydrogen-bond donors (Lipinski definition) is 2. The fourth-order valence-electron chi connectivity index (χ4n) is 3.60. The van der Waals surface area contributed by atoms with E-state index < -0.39 is 35.7 Å². The van der Waals surface area contributed by atoms with Gasteiger partial charge in [0.25, 0.3) is 0 Å². The Morgan fingerprint density at radius 2 is 1.61 bits per heavy atom. The molecule has 0 aliphatic carbocycles. The van der Waals surface area contributed by atoms with Crippen LogP contribution in [-0.2, 0) is 9.47 Å². The number of carbonyl (C=O) groups excluding carboxylic acids is 2. The fourth-order valence-corrected chi connectivity index (χ4v) is 3.60. The van der Waals surface area contributed by atoms with Gasteiger partial charge < -0.3 is 19.7 Å². The van der Waals surface area contributed by atoms with Crippen LogP contribution < -0.4 is 0 Å². The van der Waals surface area contributed by atoms with Crippen molar-refractivity contribution < 1.29 is 29.3 Å². The second kappa shape index (κ2) is 7.93. The first-order valence-corrected chi connectivity index (χ1v) is 9.08. The van der Waals surface area contributed by atoms with Crippen molar-refractivity contribution in [1.29, 1.82) is 0 Å². The van der Waals surface area contributed by atoms with Crippen LogP contribution in [0, 0.1) is 13.8 Å². The maximum absolute atomic E-state index is 13.2. The molecule has 2 aromatic rings. The molecule has 0 radical (unpaired) electrons. The van der Waals surface area contributed by atoms with Gasteiger partial charge in [0.1, 0.15) is 12.2 Å². The molecule has 4 atom stereocenters. The smallest absolute Gasteiger partial charge is 0.197 e. The summed E-state index contributed by atoms with van der Waals surface area (Å²) in [6.45, 7) is 3.50. The summed E-state index contributed by atoms with van der Waals surface area (Å²) >= 11 is 0. The van der Waals surface area contributed by atoms with Crippen molar-refractivity contribution in [3.05, 3.63) is 70.8 Å². The molecule has 1 aliphatic rings. The maximum atomic E-state index is 13.2. The maximum Gasteiger partial charge on any atom is 0.197 e. The lowest BCUT2D eigenvalue weighted by molar-refractivity contribution is -0.143. The monoisotopic (exact) mass is 384 g/mol. The Hall–Kier alpha value is -2.38. The van der Waals surface area contributed by atoms with Crippen LogP contribution >= 0.6 is 0 Å². The predicted octanol–water partition coefficient (Wildman–Crippen LogP) is 2.22. The van der Waals surface area contributed by atoms with E-state index in [0.717, 1.165) is 0 Å². The second-order valence-corrected chi connectivity index (χ2v) is 7.12. The van der Waals surface area contributed by atoms with E-state index in [1.807, 2.05) is 0 Å². The highest BCUT2D eigenvalue weighted by atomic mass is 16.7. The summed E-state index contributed by atoms with van der Waals surface area (Å²) in [7, 11) is 1.38. The summed E-state index contributed by atoms with van der Waals surface area (Å²) in [4.78, 5) is 26.1. The van der Waals surface area contributed by atoms with E-state index in [-0.39, 0.29) is 6.42 Å². The summed E-state index contributed by atoms with van der Waals surface area (Å²) < 4.78 is 10.7. The van der Waals surface area contributed by atoms with Crippen LogP contribution in [0.4, 0.5) is 0 Å². The Morgan fingerprint density at radius 1 is 1.07 bits per heavy atom. The quantitative estimate of drug-likeness (QED) is 0.742. The van der Waals surface area contributed by atoms with E-state index in [1.54, 1.807) is 62.4 Å².